The Morgan fingerprint density at radius 2 is 2.00 bits per heavy atom. The molecule has 1 fully saturated rings. The molecule has 2 aromatic carbocycles. The average Bonchev–Trinajstić information content (AvgIpc) is 2.82. The second kappa shape index (κ2) is 10.7. The summed E-state index contributed by atoms with van der Waals surface area (Å²) in [4.78, 5) is 14.5. The summed E-state index contributed by atoms with van der Waals surface area (Å²) in [5.41, 5.74) is 1.97. The van der Waals surface area contributed by atoms with Crippen LogP contribution in [-0.2, 0) is 26.0 Å². The molecule has 0 saturated carbocycles. The van der Waals surface area contributed by atoms with Crippen LogP contribution in [-0.4, -0.2) is 52.6 Å². The van der Waals surface area contributed by atoms with Crippen LogP contribution in [0.4, 0.5) is 0 Å². The van der Waals surface area contributed by atoms with Crippen molar-refractivity contribution >= 4 is 15.9 Å². The van der Waals surface area contributed by atoms with Crippen LogP contribution in [0.1, 0.15) is 37.0 Å². The summed E-state index contributed by atoms with van der Waals surface area (Å²) in [5.74, 6) is 0.315. The highest BCUT2D eigenvalue weighted by atomic mass is 32.2. The maximum Gasteiger partial charge on any atom is 0.244 e. The van der Waals surface area contributed by atoms with E-state index in [-0.39, 0.29) is 29.9 Å². The summed E-state index contributed by atoms with van der Waals surface area (Å²) in [6, 6.07) is 15.0. The fourth-order valence-corrected chi connectivity index (χ4v) is 4.87. The van der Waals surface area contributed by atoms with Crippen LogP contribution < -0.4 is 9.46 Å². The Morgan fingerprint density at radius 3 is 2.71 bits per heavy atom. The highest BCUT2D eigenvalue weighted by molar-refractivity contribution is 7.89. The van der Waals surface area contributed by atoms with E-state index in [1.165, 1.54) is 7.11 Å². The van der Waals surface area contributed by atoms with Crippen molar-refractivity contribution in [3.8, 4) is 5.75 Å². The minimum absolute atomic E-state index is 0.00832. The molecule has 1 N–H and O–H groups in total. The van der Waals surface area contributed by atoms with Crippen molar-refractivity contribution in [2.45, 2.75) is 37.2 Å². The zero-order chi connectivity index (χ0) is 22.3. The Kier molecular flexibility index (Phi) is 8.06. The van der Waals surface area contributed by atoms with Crippen molar-refractivity contribution in [2.24, 2.45) is 0 Å². The number of carbonyl (C=O) groups excluding carboxylic acids is 1. The molecular formula is C23H30N2O5S. The number of nitrogens with one attached hydrogen (secondary N) is 1. The number of aryl methyl sites for hydroxylation is 1. The molecule has 0 radical (unpaired) electrons. The predicted molar refractivity (Wildman–Crippen MR) is 119 cm³/mol. The number of carbonyl (C=O) groups is 1. The largest absolute Gasteiger partial charge is 0.495 e. The molecule has 1 aliphatic rings. The molecule has 31 heavy (non-hydrogen) atoms. The molecule has 0 spiro atoms. The van der Waals surface area contributed by atoms with Gasteiger partial charge in [0.1, 0.15) is 16.7 Å². The first kappa shape index (κ1) is 23.2. The maximum absolute atomic E-state index is 12.7. The average molecular weight is 447 g/mol. The van der Waals surface area contributed by atoms with Crippen LogP contribution in [0.15, 0.2) is 53.4 Å². The summed E-state index contributed by atoms with van der Waals surface area (Å²) >= 11 is 0. The molecule has 1 unspecified atom stereocenters. The molecule has 1 atom stereocenters. The number of ether oxygens (including phenoxy) is 2. The monoisotopic (exact) mass is 446 g/mol. The third kappa shape index (κ3) is 6.06. The van der Waals surface area contributed by atoms with Crippen molar-refractivity contribution in [3.63, 3.8) is 0 Å². The number of methoxy groups -OCH3 is 1. The highest BCUT2D eigenvalue weighted by Gasteiger charge is 2.25. The van der Waals surface area contributed by atoms with Gasteiger partial charge in [0.2, 0.25) is 15.9 Å². The Bertz CT molecular complexity index is 979. The Labute approximate surface area is 184 Å². The van der Waals surface area contributed by atoms with Crippen molar-refractivity contribution in [2.75, 3.05) is 33.4 Å². The summed E-state index contributed by atoms with van der Waals surface area (Å²) in [6.07, 6.45) is 1.29. The number of nitrogens with zero attached hydrogens (tertiary/aromatic N) is 1. The van der Waals surface area contributed by atoms with Gasteiger partial charge in [-0.05, 0) is 36.1 Å². The first-order chi connectivity index (χ1) is 14.9. The zero-order valence-corrected chi connectivity index (χ0v) is 18.9. The number of hydrogen-bond acceptors (Lipinski definition) is 5. The van der Waals surface area contributed by atoms with E-state index in [4.69, 9.17) is 9.47 Å². The van der Waals surface area contributed by atoms with E-state index in [9.17, 15) is 13.2 Å². The van der Waals surface area contributed by atoms with Gasteiger partial charge in [-0.2, -0.15) is 0 Å². The lowest BCUT2D eigenvalue weighted by molar-refractivity contribution is -0.139. The Balaban J connectivity index is 1.51. The molecule has 168 valence electrons. The number of amides is 1. The predicted octanol–water partition coefficient (Wildman–Crippen LogP) is 2.92. The van der Waals surface area contributed by atoms with Gasteiger partial charge < -0.3 is 14.4 Å². The van der Waals surface area contributed by atoms with Gasteiger partial charge in [-0.3, -0.25) is 4.79 Å². The minimum atomic E-state index is -3.72. The number of hydrogen-bond donors (Lipinski definition) is 1. The topological polar surface area (TPSA) is 84.9 Å². The van der Waals surface area contributed by atoms with E-state index >= 15 is 0 Å². The lowest BCUT2D eigenvalue weighted by Crippen LogP contribution is -2.42. The lowest BCUT2D eigenvalue weighted by atomic mass is 10.1. The minimum Gasteiger partial charge on any atom is -0.495 e. The van der Waals surface area contributed by atoms with Crippen LogP contribution in [0.5, 0.6) is 5.75 Å². The van der Waals surface area contributed by atoms with Crippen LogP contribution in [0.3, 0.4) is 0 Å². The smallest absolute Gasteiger partial charge is 0.244 e. The summed E-state index contributed by atoms with van der Waals surface area (Å²) in [6.45, 7) is 3.70. The molecule has 1 amide bonds. The van der Waals surface area contributed by atoms with Gasteiger partial charge in [-0.15, -0.1) is 0 Å². The number of sulfonamides is 1. The van der Waals surface area contributed by atoms with Crippen LogP contribution in [0, 0.1) is 0 Å². The van der Waals surface area contributed by atoms with E-state index in [0.717, 1.165) is 17.5 Å². The molecule has 7 nitrogen and oxygen atoms in total. The lowest BCUT2D eigenvalue weighted by Gasteiger charge is -2.33. The van der Waals surface area contributed by atoms with Gasteiger partial charge in [0.15, 0.2) is 0 Å². The van der Waals surface area contributed by atoms with Gasteiger partial charge in [0.05, 0.1) is 20.3 Å². The van der Waals surface area contributed by atoms with Crippen molar-refractivity contribution in [3.05, 3.63) is 59.7 Å². The first-order valence-corrected chi connectivity index (χ1v) is 12.0. The third-order valence-electron chi connectivity index (χ3n) is 5.38. The number of rotatable bonds is 9. The van der Waals surface area contributed by atoms with E-state index < -0.39 is 10.0 Å². The molecule has 1 aliphatic heterocycles. The van der Waals surface area contributed by atoms with Gasteiger partial charge in [-0.25, -0.2) is 13.1 Å². The molecular weight excluding hydrogens is 416 g/mol. The highest BCUT2D eigenvalue weighted by Crippen LogP contribution is 2.25. The molecule has 2 aromatic rings. The normalized spacial score (nSPS) is 16.8. The Morgan fingerprint density at radius 1 is 1.23 bits per heavy atom. The quantitative estimate of drug-likeness (QED) is 0.599. The van der Waals surface area contributed by atoms with Crippen molar-refractivity contribution < 1.29 is 22.7 Å². The van der Waals surface area contributed by atoms with Crippen LogP contribution >= 0.6 is 0 Å². The van der Waals surface area contributed by atoms with Gasteiger partial charge in [0.25, 0.3) is 0 Å². The number of benzene rings is 2. The number of morpholine rings is 1. The molecule has 0 aromatic heterocycles. The van der Waals surface area contributed by atoms with Gasteiger partial charge >= 0.3 is 0 Å². The zero-order valence-electron chi connectivity index (χ0n) is 18.0. The van der Waals surface area contributed by atoms with Crippen LogP contribution in [0.2, 0.25) is 0 Å². The second-order valence-electron chi connectivity index (χ2n) is 7.45. The summed E-state index contributed by atoms with van der Waals surface area (Å²) in [7, 11) is -2.28. The second-order valence-corrected chi connectivity index (χ2v) is 9.19. The SMILES string of the molecule is CCc1ccc(OC)c(S(=O)(=O)NCCCC(=O)N2CCOC(c3ccccc3)C2)c1. The molecule has 1 heterocycles. The summed E-state index contributed by atoms with van der Waals surface area (Å²) in [5, 5.41) is 0. The molecule has 0 aliphatic carbocycles. The fraction of sp³-hybridized carbons (Fsp3) is 0.435. The molecule has 1 saturated heterocycles. The molecule has 3 rings (SSSR count). The van der Waals surface area contributed by atoms with Gasteiger partial charge in [0, 0.05) is 19.5 Å². The summed E-state index contributed by atoms with van der Waals surface area (Å²) < 4.78 is 39.1. The van der Waals surface area contributed by atoms with Crippen molar-refractivity contribution in [1.82, 2.24) is 9.62 Å². The third-order valence-corrected chi connectivity index (χ3v) is 6.86. The molecule has 8 heteroatoms. The fourth-order valence-electron chi connectivity index (χ4n) is 3.58. The Hall–Kier alpha value is -2.42. The van der Waals surface area contributed by atoms with E-state index in [2.05, 4.69) is 4.72 Å². The van der Waals surface area contributed by atoms with Gasteiger partial charge in [-0.1, -0.05) is 43.3 Å². The van der Waals surface area contributed by atoms with E-state index in [0.29, 0.717) is 31.9 Å². The van der Waals surface area contributed by atoms with E-state index in [1.807, 2.05) is 43.3 Å². The molecule has 0 bridgehead atoms. The van der Waals surface area contributed by atoms with E-state index in [1.54, 1.807) is 17.0 Å². The standard InChI is InChI=1S/C23H30N2O5S/c1-3-18-11-12-20(29-2)22(16-18)31(27,28)24-13-7-10-23(26)25-14-15-30-21(17-25)19-8-5-4-6-9-19/h4-6,8-9,11-12,16,21,24H,3,7,10,13-15,17H2,1-2H3. The first-order valence-electron chi connectivity index (χ1n) is 10.6. The van der Waals surface area contributed by atoms with Crippen LogP contribution in [0.25, 0.3) is 0 Å². The maximum atomic E-state index is 12.7. The van der Waals surface area contributed by atoms with Crippen molar-refractivity contribution in [1.29, 1.82) is 0 Å².